The van der Waals surface area contributed by atoms with Gasteiger partial charge in [-0.1, -0.05) is 72.8 Å². The summed E-state index contributed by atoms with van der Waals surface area (Å²) < 4.78 is 5.09. The first kappa shape index (κ1) is 17.5. The van der Waals surface area contributed by atoms with Gasteiger partial charge < -0.3 is 20.0 Å². The Labute approximate surface area is 151 Å². The van der Waals surface area contributed by atoms with Crippen molar-refractivity contribution in [2.24, 2.45) is 0 Å². The molecule has 1 amide bonds. The number of carbonyl (C=O) groups is 2. The quantitative estimate of drug-likeness (QED) is 0.742. The topological polar surface area (TPSA) is 78.5 Å². The van der Waals surface area contributed by atoms with Crippen LogP contribution in [0.5, 0.6) is 0 Å². The SMILES string of the molecule is O=C(N[C@H](Cc1cccc2ccccc12)C(=O)[O-])OCc1ccccc1. The van der Waals surface area contributed by atoms with Crippen molar-refractivity contribution in [3.8, 4) is 0 Å². The average Bonchev–Trinajstić information content (AvgIpc) is 2.67. The van der Waals surface area contributed by atoms with Crippen LogP contribution in [0.25, 0.3) is 10.8 Å². The van der Waals surface area contributed by atoms with E-state index >= 15 is 0 Å². The number of aliphatic carboxylic acids is 1. The van der Waals surface area contributed by atoms with Crippen LogP contribution in [-0.2, 0) is 22.6 Å². The predicted molar refractivity (Wildman–Crippen MR) is 96.2 cm³/mol. The number of amides is 1. The summed E-state index contributed by atoms with van der Waals surface area (Å²) >= 11 is 0. The Bertz CT molecular complexity index is 903. The Kier molecular flexibility index (Phi) is 5.49. The molecule has 0 spiro atoms. The molecule has 0 aliphatic rings. The second-order valence-corrected chi connectivity index (χ2v) is 5.92. The van der Waals surface area contributed by atoms with Gasteiger partial charge in [-0.3, -0.25) is 0 Å². The molecule has 0 aliphatic carbocycles. The number of carbonyl (C=O) groups excluding carboxylic acids is 2. The van der Waals surface area contributed by atoms with Crippen molar-refractivity contribution >= 4 is 22.8 Å². The summed E-state index contributed by atoms with van der Waals surface area (Å²) in [6, 6.07) is 21.3. The number of hydrogen-bond acceptors (Lipinski definition) is 4. The molecule has 0 bridgehead atoms. The molecule has 0 heterocycles. The van der Waals surface area contributed by atoms with Crippen molar-refractivity contribution in [2.45, 2.75) is 19.1 Å². The molecule has 1 atom stereocenters. The monoisotopic (exact) mass is 348 g/mol. The minimum absolute atomic E-state index is 0.0701. The smallest absolute Gasteiger partial charge is 0.408 e. The lowest BCUT2D eigenvalue weighted by molar-refractivity contribution is -0.308. The fraction of sp³-hybridized carbons (Fsp3) is 0.143. The zero-order chi connectivity index (χ0) is 18.4. The molecule has 3 rings (SSSR count). The first-order valence-corrected chi connectivity index (χ1v) is 8.28. The third-order valence-electron chi connectivity index (χ3n) is 4.09. The Morgan fingerprint density at radius 3 is 2.38 bits per heavy atom. The molecule has 0 saturated carbocycles. The number of rotatable bonds is 6. The molecule has 3 aromatic carbocycles. The molecule has 1 N–H and O–H groups in total. The number of carboxylic acids is 1. The maximum absolute atomic E-state index is 12.0. The molecule has 5 heteroatoms. The summed E-state index contributed by atoms with van der Waals surface area (Å²) in [6.07, 6.45) is -0.673. The van der Waals surface area contributed by atoms with E-state index in [2.05, 4.69) is 5.32 Å². The molecular weight excluding hydrogens is 330 g/mol. The summed E-state index contributed by atoms with van der Waals surface area (Å²) in [5, 5.41) is 15.8. The van der Waals surface area contributed by atoms with Gasteiger partial charge in [-0.2, -0.15) is 0 Å². The van der Waals surface area contributed by atoms with Gasteiger partial charge in [-0.05, 0) is 28.3 Å². The first-order chi connectivity index (χ1) is 12.6. The minimum atomic E-state index is -1.35. The first-order valence-electron chi connectivity index (χ1n) is 8.28. The highest BCUT2D eigenvalue weighted by molar-refractivity contribution is 5.87. The maximum atomic E-state index is 12.0. The molecule has 0 unspecified atom stereocenters. The van der Waals surface area contributed by atoms with E-state index in [1.54, 1.807) is 0 Å². The lowest BCUT2D eigenvalue weighted by Crippen LogP contribution is -2.49. The van der Waals surface area contributed by atoms with Gasteiger partial charge >= 0.3 is 6.09 Å². The summed E-state index contributed by atoms with van der Waals surface area (Å²) in [5.41, 5.74) is 1.64. The van der Waals surface area contributed by atoms with Crippen molar-refractivity contribution in [1.82, 2.24) is 5.32 Å². The fourth-order valence-corrected chi connectivity index (χ4v) is 2.79. The van der Waals surface area contributed by atoms with Crippen LogP contribution in [-0.4, -0.2) is 18.1 Å². The van der Waals surface area contributed by atoms with Gasteiger partial charge in [0.25, 0.3) is 0 Å². The van der Waals surface area contributed by atoms with Crippen LogP contribution in [0.3, 0.4) is 0 Å². The lowest BCUT2D eigenvalue weighted by Gasteiger charge is -2.20. The van der Waals surface area contributed by atoms with Crippen molar-refractivity contribution < 1.29 is 19.4 Å². The number of alkyl carbamates (subject to hydrolysis) is 1. The largest absolute Gasteiger partial charge is 0.548 e. The molecular formula is C21H18NO4-. The number of ether oxygens (including phenoxy) is 1. The Balaban J connectivity index is 1.67. The van der Waals surface area contributed by atoms with Gasteiger partial charge in [0.2, 0.25) is 0 Å². The second kappa shape index (κ2) is 8.16. The average molecular weight is 348 g/mol. The van der Waals surface area contributed by atoms with E-state index in [1.165, 1.54) is 0 Å². The molecule has 0 aliphatic heterocycles. The van der Waals surface area contributed by atoms with Crippen molar-refractivity contribution in [2.75, 3.05) is 0 Å². The van der Waals surface area contributed by atoms with E-state index < -0.39 is 18.1 Å². The number of benzene rings is 3. The fourth-order valence-electron chi connectivity index (χ4n) is 2.79. The molecule has 5 nitrogen and oxygen atoms in total. The lowest BCUT2D eigenvalue weighted by atomic mass is 9.99. The normalized spacial score (nSPS) is 11.7. The molecule has 132 valence electrons. The molecule has 0 saturated heterocycles. The van der Waals surface area contributed by atoms with Gasteiger partial charge in [0.15, 0.2) is 0 Å². The molecule has 0 aromatic heterocycles. The van der Waals surface area contributed by atoms with E-state index in [0.29, 0.717) is 0 Å². The van der Waals surface area contributed by atoms with Crippen LogP contribution < -0.4 is 10.4 Å². The van der Waals surface area contributed by atoms with Gasteiger partial charge in [0, 0.05) is 0 Å². The van der Waals surface area contributed by atoms with Crippen LogP contribution in [0.2, 0.25) is 0 Å². The van der Waals surface area contributed by atoms with E-state index in [0.717, 1.165) is 21.9 Å². The highest BCUT2D eigenvalue weighted by atomic mass is 16.5. The van der Waals surface area contributed by atoms with Gasteiger partial charge in [0.1, 0.15) is 6.61 Å². The molecule has 0 radical (unpaired) electrons. The third-order valence-corrected chi connectivity index (χ3v) is 4.09. The number of carboxylic acid groups (broad SMARTS) is 1. The Hall–Kier alpha value is -3.34. The van der Waals surface area contributed by atoms with Crippen LogP contribution in [0, 0.1) is 0 Å². The zero-order valence-corrected chi connectivity index (χ0v) is 14.1. The van der Waals surface area contributed by atoms with Crippen LogP contribution in [0.1, 0.15) is 11.1 Å². The summed E-state index contributed by atoms with van der Waals surface area (Å²) in [5.74, 6) is -1.35. The second-order valence-electron chi connectivity index (χ2n) is 5.92. The zero-order valence-electron chi connectivity index (χ0n) is 14.1. The standard InChI is InChI=1S/C21H19NO4/c23-20(24)19(22-21(25)26-14-15-7-2-1-3-8-15)13-17-11-6-10-16-9-4-5-12-18(16)17/h1-12,19H,13-14H2,(H,22,25)(H,23,24)/p-1/t19-/m1/s1. The predicted octanol–water partition coefficient (Wildman–Crippen LogP) is 2.43. The third kappa shape index (κ3) is 4.39. The summed E-state index contributed by atoms with van der Waals surface area (Å²) in [6.45, 7) is 0.0701. The van der Waals surface area contributed by atoms with Crippen LogP contribution in [0.4, 0.5) is 4.79 Å². The van der Waals surface area contributed by atoms with E-state index in [9.17, 15) is 14.7 Å². The van der Waals surface area contributed by atoms with E-state index in [4.69, 9.17) is 4.74 Å². The number of hydrogen-bond donors (Lipinski definition) is 1. The maximum Gasteiger partial charge on any atom is 0.408 e. The van der Waals surface area contributed by atoms with Gasteiger partial charge in [-0.25, -0.2) is 4.79 Å². The summed E-state index contributed by atoms with van der Waals surface area (Å²) in [4.78, 5) is 23.4. The highest BCUT2D eigenvalue weighted by Crippen LogP contribution is 2.19. The number of fused-ring (bicyclic) bond motifs is 1. The Morgan fingerprint density at radius 1 is 0.923 bits per heavy atom. The van der Waals surface area contributed by atoms with Crippen LogP contribution in [0.15, 0.2) is 72.8 Å². The van der Waals surface area contributed by atoms with Crippen LogP contribution >= 0.6 is 0 Å². The Morgan fingerprint density at radius 2 is 1.62 bits per heavy atom. The number of nitrogens with one attached hydrogen (secondary N) is 1. The van der Waals surface area contributed by atoms with Crippen molar-refractivity contribution in [1.29, 1.82) is 0 Å². The molecule has 26 heavy (non-hydrogen) atoms. The van der Waals surface area contributed by atoms with Gasteiger partial charge in [0.05, 0.1) is 12.0 Å². The molecule has 0 fully saturated rings. The van der Waals surface area contributed by atoms with E-state index in [1.807, 2.05) is 72.8 Å². The van der Waals surface area contributed by atoms with Gasteiger partial charge in [-0.15, -0.1) is 0 Å². The minimum Gasteiger partial charge on any atom is -0.548 e. The van der Waals surface area contributed by atoms with Crippen molar-refractivity contribution in [3.05, 3.63) is 83.9 Å². The summed E-state index contributed by atoms with van der Waals surface area (Å²) in [7, 11) is 0. The van der Waals surface area contributed by atoms with Crippen molar-refractivity contribution in [3.63, 3.8) is 0 Å². The highest BCUT2D eigenvalue weighted by Gasteiger charge is 2.16. The molecule has 3 aromatic rings. The van der Waals surface area contributed by atoms with E-state index in [-0.39, 0.29) is 13.0 Å².